The van der Waals surface area contributed by atoms with Crippen LogP contribution in [0.4, 0.5) is 0 Å². The molecule has 0 bridgehead atoms. The third kappa shape index (κ3) is 6.80. The van der Waals surface area contributed by atoms with E-state index in [-0.39, 0.29) is 11.9 Å². The first-order valence-corrected chi connectivity index (χ1v) is 6.39. The molecule has 0 saturated heterocycles. The van der Waals surface area contributed by atoms with Gasteiger partial charge in [-0.15, -0.1) is 0 Å². The number of amides is 1. The summed E-state index contributed by atoms with van der Waals surface area (Å²) in [6.45, 7) is 9.10. The highest BCUT2D eigenvalue weighted by molar-refractivity contribution is 5.78. The highest BCUT2D eigenvalue weighted by Crippen LogP contribution is 1.99. The third-order valence-corrected chi connectivity index (χ3v) is 2.82. The molecule has 0 aromatic heterocycles. The summed E-state index contributed by atoms with van der Waals surface area (Å²) in [5.41, 5.74) is 5.63. The Kier molecular flexibility index (Phi) is 9.24. The van der Waals surface area contributed by atoms with Gasteiger partial charge in [0.15, 0.2) is 0 Å². The lowest BCUT2D eigenvalue weighted by molar-refractivity contribution is -0.122. The predicted octanol–water partition coefficient (Wildman–Crippen LogP) is 0.962. The van der Waals surface area contributed by atoms with E-state index in [1.54, 1.807) is 0 Å². The van der Waals surface area contributed by atoms with E-state index in [1.807, 2.05) is 0 Å². The number of hydrogen-bond acceptors (Lipinski definition) is 3. The average Bonchev–Trinajstić information content (AvgIpc) is 2.31. The van der Waals surface area contributed by atoms with Crippen LogP contribution < -0.4 is 11.1 Å². The van der Waals surface area contributed by atoms with Crippen LogP contribution in [0.15, 0.2) is 0 Å². The topological polar surface area (TPSA) is 58.4 Å². The van der Waals surface area contributed by atoms with Crippen LogP contribution in [0.1, 0.15) is 40.0 Å². The summed E-state index contributed by atoms with van der Waals surface area (Å²) in [7, 11) is 0. The van der Waals surface area contributed by atoms with E-state index in [9.17, 15) is 4.79 Å². The highest BCUT2D eigenvalue weighted by Gasteiger charge is 2.12. The Hall–Kier alpha value is -0.610. The van der Waals surface area contributed by atoms with Gasteiger partial charge in [-0.3, -0.25) is 9.69 Å². The van der Waals surface area contributed by atoms with E-state index in [0.29, 0.717) is 13.1 Å². The van der Waals surface area contributed by atoms with Gasteiger partial charge in [-0.05, 0) is 19.5 Å². The molecule has 1 amide bonds. The number of unbranched alkanes of at least 4 members (excludes halogenated alkanes) is 1. The molecular formula is C12H27N3O. The van der Waals surface area contributed by atoms with Gasteiger partial charge in [0.25, 0.3) is 0 Å². The molecule has 0 fully saturated rings. The first-order valence-electron chi connectivity index (χ1n) is 6.39. The van der Waals surface area contributed by atoms with E-state index in [1.165, 1.54) is 0 Å². The van der Waals surface area contributed by atoms with Crippen molar-refractivity contribution in [1.29, 1.82) is 0 Å². The number of carbonyl (C=O) groups is 1. The molecule has 0 saturated carbocycles. The lowest BCUT2D eigenvalue weighted by Gasteiger charge is -2.21. The van der Waals surface area contributed by atoms with Crippen molar-refractivity contribution in [3.8, 4) is 0 Å². The average molecular weight is 229 g/mol. The van der Waals surface area contributed by atoms with Gasteiger partial charge in [0.05, 0.1) is 6.54 Å². The normalized spacial score (nSPS) is 12.8. The maximum atomic E-state index is 11.7. The quantitative estimate of drug-likeness (QED) is 0.619. The Morgan fingerprint density at radius 1 is 1.31 bits per heavy atom. The molecule has 96 valence electrons. The molecule has 0 aliphatic carbocycles. The second-order valence-corrected chi connectivity index (χ2v) is 4.10. The summed E-state index contributed by atoms with van der Waals surface area (Å²) in [5, 5.41) is 2.99. The SMILES string of the molecule is CCCCC(CN)NC(=O)CN(CC)CC. The van der Waals surface area contributed by atoms with Crippen LogP contribution >= 0.6 is 0 Å². The number of likely N-dealkylation sites (N-methyl/N-ethyl adjacent to an activating group) is 1. The van der Waals surface area contributed by atoms with Crippen LogP contribution in [0.5, 0.6) is 0 Å². The van der Waals surface area contributed by atoms with Gasteiger partial charge in [0.1, 0.15) is 0 Å². The molecule has 0 spiro atoms. The summed E-state index contributed by atoms with van der Waals surface area (Å²) in [4.78, 5) is 13.8. The Morgan fingerprint density at radius 3 is 2.38 bits per heavy atom. The van der Waals surface area contributed by atoms with Gasteiger partial charge in [-0.2, -0.15) is 0 Å². The molecule has 0 aliphatic rings. The van der Waals surface area contributed by atoms with Crippen LogP contribution in [-0.2, 0) is 4.79 Å². The van der Waals surface area contributed by atoms with E-state index >= 15 is 0 Å². The zero-order valence-electron chi connectivity index (χ0n) is 11.0. The Labute approximate surface area is 99.6 Å². The van der Waals surface area contributed by atoms with Gasteiger partial charge in [0, 0.05) is 12.6 Å². The highest BCUT2D eigenvalue weighted by atomic mass is 16.2. The van der Waals surface area contributed by atoms with Crippen molar-refractivity contribution >= 4 is 5.91 Å². The number of carbonyl (C=O) groups excluding carboxylic acids is 1. The maximum Gasteiger partial charge on any atom is 0.234 e. The second-order valence-electron chi connectivity index (χ2n) is 4.10. The molecule has 0 radical (unpaired) electrons. The van der Waals surface area contributed by atoms with Crippen LogP contribution in [-0.4, -0.2) is 43.0 Å². The number of rotatable bonds is 9. The van der Waals surface area contributed by atoms with Gasteiger partial charge in [-0.1, -0.05) is 33.6 Å². The van der Waals surface area contributed by atoms with Gasteiger partial charge in [0.2, 0.25) is 5.91 Å². The van der Waals surface area contributed by atoms with Crippen molar-refractivity contribution in [2.75, 3.05) is 26.2 Å². The zero-order valence-corrected chi connectivity index (χ0v) is 11.0. The minimum atomic E-state index is 0.0928. The first-order chi connectivity index (χ1) is 7.67. The summed E-state index contributed by atoms with van der Waals surface area (Å²) in [5.74, 6) is 0.0928. The van der Waals surface area contributed by atoms with E-state index in [2.05, 4.69) is 31.0 Å². The molecule has 0 aromatic carbocycles. The molecule has 0 heterocycles. The second kappa shape index (κ2) is 9.60. The van der Waals surface area contributed by atoms with Crippen LogP contribution in [0.25, 0.3) is 0 Å². The molecule has 16 heavy (non-hydrogen) atoms. The fraction of sp³-hybridized carbons (Fsp3) is 0.917. The molecule has 0 rings (SSSR count). The Morgan fingerprint density at radius 2 is 1.94 bits per heavy atom. The minimum absolute atomic E-state index is 0.0928. The van der Waals surface area contributed by atoms with Crippen molar-refractivity contribution in [3.05, 3.63) is 0 Å². The Balaban J connectivity index is 3.89. The Bertz CT molecular complexity index is 181. The number of nitrogens with zero attached hydrogens (tertiary/aromatic N) is 1. The monoisotopic (exact) mass is 229 g/mol. The maximum absolute atomic E-state index is 11.7. The van der Waals surface area contributed by atoms with Crippen LogP contribution in [0.2, 0.25) is 0 Å². The molecular weight excluding hydrogens is 202 g/mol. The fourth-order valence-corrected chi connectivity index (χ4v) is 1.62. The third-order valence-electron chi connectivity index (χ3n) is 2.82. The number of hydrogen-bond donors (Lipinski definition) is 2. The number of nitrogens with two attached hydrogens (primary N) is 1. The smallest absolute Gasteiger partial charge is 0.234 e. The molecule has 0 aliphatic heterocycles. The van der Waals surface area contributed by atoms with E-state index < -0.39 is 0 Å². The lowest BCUT2D eigenvalue weighted by atomic mass is 10.1. The standard InChI is InChI=1S/C12H27N3O/c1-4-7-8-11(9-13)14-12(16)10-15(5-2)6-3/h11H,4-10,13H2,1-3H3,(H,14,16). The minimum Gasteiger partial charge on any atom is -0.351 e. The summed E-state index contributed by atoms with van der Waals surface area (Å²) in [6.07, 6.45) is 3.24. The lowest BCUT2D eigenvalue weighted by Crippen LogP contribution is -2.45. The van der Waals surface area contributed by atoms with E-state index in [4.69, 9.17) is 5.73 Å². The van der Waals surface area contributed by atoms with Gasteiger partial charge >= 0.3 is 0 Å². The van der Waals surface area contributed by atoms with Crippen molar-refractivity contribution in [1.82, 2.24) is 10.2 Å². The molecule has 1 atom stereocenters. The summed E-state index contributed by atoms with van der Waals surface area (Å²) in [6, 6.07) is 0.142. The number of nitrogens with one attached hydrogen (secondary N) is 1. The fourth-order valence-electron chi connectivity index (χ4n) is 1.62. The van der Waals surface area contributed by atoms with Crippen molar-refractivity contribution in [3.63, 3.8) is 0 Å². The molecule has 0 aromatic rings. The molecule has 3 N–H and O–H groups in total. The zero-order chi connectivity index (χ0) is 12.4. The van der Waals surface area contributed by atoms with Crippen LogP contribution in [0.3, 0.4) is 0 Å². The first kappa shape index (κ1) is 15.4. The summed E-state index contributed by atoms with van der Waals surface area (Å²) >= 11 is 0. The van der Waals surface area contributed by atoms with Crippen molar-refractivity contribution in [2.45, 2.75) is 46.1 Å². The molecule has 1 unspecified atom stereocenters. The molecule has 4 heteroatoms. The predicted molar refractivity (Wildman–Crippen MR) is 68.3 cm³/mol. The van der Waals surface area contributed by atoms with E-state index in [0.717, 1.165) is 32.4 Å². The van der Waals surface area contributed by atoms with Crippen molar-refractivity contribution in [2.24, 2.45) is 5.73 Å². The largest absolute Gasteiger partial charge is 0.351 e. The van der Waals surface area contributed by atoms with Crippen molar-refractivity contribution < 1.29 is 4.79 Å². The van der Waals surface area contributed by atoms with Gasteiger partial charge in [-0.25, -0.2) is 0 Å². The molecule has 4 nitrogen and oxygen atoms in total. The van der Waals surface area contributed by atoms with Gasteiger partial charge < -0.3 is 11.1 Å². The van der Waals surface area contributed by atoms with Crippen LogP contribution in [0, 0.1) is 0 Å². The summed E-state index contributed by atoms with van der Waals surface area (Å²) < 4.78 is 0.